The van der Waals surface area contributed by atoms with Crippen LogP contribution in [0.1, 0.15) is 22.8 Å². The van der Waals surface area contributed by atoms with E-state index in [-0.39, 0.29) is 34.0 Å². The topological polar surface area (TPSA) is 85.9 Å². The zero-order chi connectivity index (χ0) is 22.9. The van der Waals surface area contributed by atoms with Crippen LogP contribution in [0, 0.1) is 22.7 Å². The van der Waals surface area contributed by atoms with Gasteiger partial charge in [-0.05, 0) is 49.4 Å². The van der Waals surface area contributed by atoms with Gasteiger partial charge >= 0.3 is 10.2 Å². The minimum absolute atomic E-state index is 0.103. The average molecular weight is 466 g/mol. The van der Waals surface area contributed by atoms with Crippen molar-refractivity contribution in [1.82, 2.24) is 5.32 Å². The number of amides is 1. The van der Waals surface area contributed by atoms with Gasteiger partial charge in [0.15, 0.2) is 5.54 Å². The Labute approximate surface area is 173 Å². The third-order valence-electron chi connectivity index (χ3n) is 3.73. The Morgan fingerprint density at radius 3 is 2.23 bits per heavy atom. The molecule has 0 spiro atoms. The fourth-order valence-corrected chi connectivity index (χ4v) is 3.10. The van der Waals surface area contributed by atoms with Crippen LogP contribution in [0.3, 0.4) is 0 Å². The summed E-state index contributed by atoms with van der Waals surface area (Å²) < 4.78 is 69.2. The van der Waals surface area contributed by atoms with Gasteiger partial charge < -0.3 is 10.1 Å². The molecule has 0 fully saturated rings. The number of hydrogen-bond acceptors (Lipinski definition) is 4. The molecule has 0 saturated carbocycles. The zero-order valence-electron chi connectivity index (χ0n) is 15.1. The van der Waals surface area contributed by atoms with Crippen molar-refractivity contribution in [3.8, 4) is 17.9 Å². The maximum atomic E-state index is 12.8. The molecular weight excluding hydrogens is 453 g/mol. The Bertz CT molecular complexity index is 1080. The highest BCUT2D eigenvalue weighted by molar-refractivity contribution is 8.45. The molecule has 0 bridgehead atoms. The summed E-state index contributed by atoms with van der Waals surface area (Å²) in [6, 6.07) is 9.13. The molecule has 0 aliphatic carbocycles. The van der Waals surface area contributed by atoms with Gasteiger partial charge in [-0.3, -0.25) is 4.79 Å². The van der Waals surface area contributed by atoms with Crippen molar-refractivity contribution in [3.05, 3.63) is 58.6 Å². The van der Waals surface area contributed by atoms with E-state index in [1.165, 1.54) is 25.1 Å². The predicted octanol–water partition coefficient (Wildman–Crippen LogP) is 5.96. The van der Waals surface area contributed by atoms with Gasteiger partial charge in [0.25, 0.3) is 5.91 Å². The number of benzene rings is 2. The smallest absolute Gasteiger partial charge is 0.310 e. The maximum Gasteiger partial charge on any atom is 0.310 e. The fourth-order valence-electron chi connectivity index (χ4n) is 2.22. The number of ether oxygens (including phenoxy) is 1. The molecule has 0 aromatic heterocycles. The number of hydrogen-bond donors (Lipinski definition) is 1. The van der Waals surface area contributed by atoms with E-state index in [9.17, 15) is 29.5 Å². The zero-order valence-corrected chi connectivity index (χ0v) is 16.7. The number of nitriles is 2. The van der Waals surface area contributed by atoms with E-state index in [2.05, 4.69) is 5.32 Å². The molecule has 2 aromatic carbocycles. The largest absolute Gasteiger partial charge is 0.490 e. The van der Waals surface area contributed by atoms with E-state index in [0.29, 0.717) is 12.1 Å². The van der Waals surface area contributed by atoms with Crippen molar-refractivity contribution >= 4 is 27.7 Å². The molecule has 160 valence electrons. The first-order chi connectivity index (χ1) is 13.5. The second-order valence-corrected chi connectivity index (χ2v) is 9.31. The van der Waals surface area contributed by atoms with Crippen LogP contribution in [-0.4, -0.2) is 18.1 Å². The summed E-state index contributed by atoms with van der Waals surface area (Å²) >= 11 is 5.84. The Morgan fingerprint density at radius 2 is 1.73 bits per heavy atom. The summed E-state index contributed by atoms with van der Waals surface area (Å²) in [7, 11) is -9.85. The Hall–Kier alpha value is -3.02. The molecule has 12 heteroatoms. The van der Waals surface area contributed by atoms with Crippen molar-refractivity contribution in [2.24, 2.45) is 0 Å². The summed E-state index contributed by atoms with van der Waals surface area (Å²) in [6.45, 7) is 0.883. The van der Waals surface area contributed by atoms with E-state index < -0.39 is 33.2 Å². The first-order valence-electron chi connectivity index (χ1n) is 7.97. The SMILES string of the molecule is CC(C#N)(COc1cc(Cl)cc(C#N)c1)NC(=O)c1ccc(S(F)(F)(F)(F)F)cc1. The Balaban J connectivity index is 2.15. The molecule has 1 unspecified atom stereocenters. The highest BCUT2D eigenvalue weighted by Gasteiger charge is 2.65. The highest BCUT2D eigenvalue weighted by Crippen LogP contribution is 3.02. The van der Waals surface area contributed by atoms with Crippen LogP contribution < -0.4 is 10.1 Å². The molecule has 0 aliphatic rings. The summed E-state index contributed by atoms with van der Waals surface area (Å²) in [6.07, 6.45) is 0. The molecule has 1 N–H and O–H groups in total. The average Bonchev–Trinajstić information content (AvgIpc) is 2.64. The molecule has 5 nitrogen and oxygen atoms in total. The lowest BCUT2D eigenvalue weighted by molar-refractivity contribution is 0.0901. The van der Waals surface area contributed by atoms with Crippen LogP contribution in [0.15, 0.2) is 47.4 Å². The first kappa shape index (κ1) is 23.3. The number of nitrogens with zero attached hydrogens (tertiary/aromatic N) is 2. The standard InChI is InChI=1S/C18H13ClF5N3O2S/c1-18(10-26,11-29-15-7-12(9-25)6-14(19)8-15)27-17(28)13-2-4-16(5-3-13)30(20,21,22,23)24/h2-8H,11H2,1H3,(H,27,28). The van der Waals surface area contributed by atoms with Crippen LogP contribution in [0.25, 0.3) is 0 Å². The van der Waals surface area contributed by atoms with Gasteiger partial charge in [0, 0.05) is 10.6 Å². The molecule has 0 saturated heterocycles. The van der Waals surface area contributed by atoms with Gasteiger partial charge in [-0.25, -0.2) is 0 Å². The lowest BCUT2D eigenvalue weighted by atomic mass is 10.1. The van der Waals surface area contributed by atoms with Gasteiger partial charge in [-0.1, -0.05) is 31.0 Å². The van der Waals surface area contributed by atoms with E-state index in [0.717, 1.165) is 0 Å². The second-order valence-electron chi connectivity index (χ2n) is 6.47. The van der Waals surface area contributed by atoms with E-state index >= 15 is 0 Å². The van der Waals surface area contributed by atoms with Crippen LogP contribution in [-0.2, 0) is 0 Å². The number of rotatable bonds is 6. The van der Waals surface area contributed by atoms with Gasteiger partial charge in [-0.15, -0.1) is 0 Å². The van der Waals surface area contributed by atoms with Crippen molar-refractivity contribution < 1.29 is 29.0 Å². The molecule has 0 heterocycles. The molecule has 1 atom stereocenters. The summed E-state index contributed by atoms with van der Waals surface area (Å²) in [5.74, 6) is -0.824. The first-order valence-corrected chi connectivity index (χ1v) is 10.3. The molecule has 30 heavy (non-hydrogen) atoms. The third-order valence-corrected chi connectivity index (χ3v) is 5.11. The molecule has 0 radical (unpaired) electrons. The van der Waals surface area contributed by atoms with E-state index in [1.807, 2.05) is 6.07 Å². The third kappa shape index (κ3) is 5.99. The lowest BCUT2D eigenvalue weighted by Gasteiger charge is -2.40. The van der Waals surface area contributed by atoms with Gasteiger partial charge in [0.05, 0.1) is 17.7 Å². The van der Waals surface area contributed by atoms with Crippen molar-refractivity contribution in [2.45, 2.75) is 17.4 Å². The Morgan fingerprint density at radius 1 is 1.13 bits per heavy atom. The normalized spacial score (nSPS) is 15.5. The molecule has 1 amide bonds. The summed E-state index contributed by atoms with van der Waals surface area (Å²) in [4.78, 5) is 10.1. The monoisotopic (exact) mass is 465 g/mol. The van der Waals surface area contributed by atoms with Crippen molar-refractivity contribution in [3.63, 3.8) is 0 Å². The highest BCUT2D eigenvalue weighted by atomic mass is 35.5. The maximum absolute atomic E-state index is 12.8. The molecule has 2 aromatic rings. The Kier molecular flexibility index (Phi) is 5.46. The van der Waals surface area contributed by atoms with Crippen molar-refractivity contribution in [1.29, 1.82) is 10.5 Å². The fraction of sp³-hybridized carbons (Fsp3) is 0.167. The molecule has 0 aliphatic heterocycles. The van der Waals surface area contributed by atoms with Gasteiger partial charge in [0.1, 0.15) is 17.3 Å². The lowest BCUT2D eigenvalue weighted by Crippen LogP contribution is -2.49. The summed E-state index contributed by atoms with van der Waals surface area (Å²) in [5, 5.41) is 20.8. The minimum atomic E-state index is -9.85. The van der Waals surface area contributed by atoms with E-state index in [4.69, 9.17) is 21.6 Å². The number of carbonyl (C=O) groups is 1. The van der Waals surface area contributed by atoms with Crippen LogP contribution in [0.2, 0.25) is 5.02 Å². The van der Waals surface area contributed by atoms with E-state index in [1.54, 1.807) is 6.07 Å². The van der Waals surface area contributed by atoms with Crippen LogP contribution >= 0.6 is 21.8 Å². The molecule has 2 rings (SSSR count). The number of nitrogens with one attached hydrogen (secondary N) is 1. The van der Waals surface area contributed by atoms with Gasteiger partial charge in [-0.2, -0.15) is 10.5 Å². The predicted molar refractivity (Wildman–Crippen MR) is 101 cm³/mol. The second kappa shape index (κ2) is 7.04. The van der Waals surface area contributed by atoms with Gasteiger partial charge in [0.2, 0.25) is 0 Å². The number of halogens is 6. The van der Waals surface area contributed by atoms with Crippen molar-refractivity contribution in [2.75, 3.05) is 6.61 Å². The minimum Gasteiger partial charge on any atom is -0.490 e. The van der Waals surface area contributed by atoms with Crippen LogP contribution in [0.4, 0.5) is 19.4 Å². The quantitative estimate of drug-likeness (QED) is 0.533. The number of carbonyl (C=O) groups excluding carboxylic acids is 1. The molecular formula is C18H13ClF5N3O2S. The summed E-state index contributed by atoms with van der Waals surface area (Å²) in [5.41, 5.74) is -1.80. The van der Waals surface area contributed by atoms with Crippen LogP contribution in [0.5, 0.6) is 5.75 Å².